The Morgan fingerprint density at radius 1 is 1.00 bits per heavy atom. The summed E-state index contributed by atoms with van der Waals surface area (Å²) in [7, 11) is 1.47. The van der Waals surface area contributed by atoms with E-state index in [2.05, 4.69) is 10.1 Å². The minimum absolute atomic E-state index is 0.0554. The summed E-state index contributed by atoms with van der Waals surface area (Å²) in [5, 5.41) is 2.58. The van der Waals surface area contributed by atoms with E-state index in [1.165, 1.54) is 20.1 Å². The van der Waals surface area contributed by atoms with Crippen LogP contribution in [0, 0.1) is 6.92 Å². The van der Waals surface area contributed by atoms with Crippen molar-refractivity contribution in [1.82, 2.24) is 9.88 Å². The topological polar surface area (TPSA) is 89.9 Å². The molecule has 3 aromatic rings. The number of pyridine rings is 1. The highest BCUT2D eigenvalue weighted by Gasteiger charge is 2.44. The Bertz CT molecular complexity index is 1420. The molecule has 1 fully saturated rings. The van der Waals surface area contributed by atoms with Gasteiger partial charge >= 0.3 is 12.9 Å². The van der Waals surface area contributed by atoms with Crippen LogP contribution in [0.3, 0.4) is 0 Å². The average Bonchev–Trinajstić information content (AvgIpc) is 3.19. The van der Waals surface area contributed by atoms with E-state index < -0.39 is 48.0 Å². The van der Waals surface area contributed by atoms with Crippen LogP contribution in [0.5, 0.6) is 11.5 Å². The van der Waals surface area contributed by atoms with Gasteiger partial charge in [-0.05, 0) is 60.5 Å². The van der Waals surface area contributed by atoms with Gasteiger partial charge in [-0.1, -0.05) is 12.1 Å². The van der Waals surface area contributed by atoms with E-state index in [9.17, 15) is 36.3 Å². The second-order valence-electron chi connectivity index (χ2n) is 8.69. The van der Waals surface area contributed by atoms with Crippen molar-refractivity contribution >= 4 is 17.5 Å². The van der Waals surface area contributed by atoms with Crippen molar-refractivity contribution in [2.75, 3.05) is 18.6 Å². The number of aryl methyl sites for hydroxylation is 1. The third-order valence-corrected chi connectivity index (χ3v) is 6.27. The van der Waals surface area contributed by atoms with Gasteiger partial charge in [0, 0.05) is 24.2 Å². The van der Waals surface area contributed by atoms with Crippen molar-refractivity contribution < 1.29 is 41.0 Å². The molecule has 206 valence electrons. The van der Waals surface area contributed by atoms with Crippen molar-refractivity contribution in [2.24, 2.45) is 0 Å². The van der Waals surface area contributed by atoms with Crippen LogP contribution in [-0.4, -0.2) is 42.4 Å². The van der Waals surface area contributed by atoms with Crippen molar-refractivity contribution in [3.05, 3.63) is 87.8 Å². The highest BCUT2D eigenvalue weighted by atomic mass is 19.4. The fourth-order valence-electron chi connectivity index (χ4n) is 4.39. The number of ether oxygens (including phenoxy) is 2. The average molecular weight is 551 g/mol. The second-order valence-corrected chi connectivity index (χ2v) is 8.69. The predicted octanol–water partition coefficient (Wildman–Crippen LogP) is 4.39. The largest absolute Gasteiger partial charge is 0.573 e. The Kier molecular flexibility index (Phi) is 7.61. The molecule has 1 aliphatic heterocycles. The molecule has 0 aliphatic carbocycles. The molecule has 2 aromatic carbocycles. The number of nitrogens with zero attached hydrogens (tertiary/aromatic N) is 2. The number of hydrogen-bond acceptors (Lipinski definition) is 5. The van der Waals surface area contributed by atoms with Gasteiger partial charge in [0.25, 0.3) is 11.5 Å². The highest BCUT2D eigenvalue weighted by molar-refractivity contribution is 6.05. The number of carbonyl (C=O) groups excluding carboxylic acids is 2. The summed E-state index contributed by atoms with van der Waals surface area (Å²) in [5.74, 6) is -2.21. The molecule has 1 saturated heterocycles. The third kappa shape index (κ3) is 5.86. The normalized spacial score (nSPS) is 17.4. The standard InChI is InChI=1S/C26H22F5N3O5/c1-14-11-12-33(25(27)28)24(37)21(14)34-13-19(15-3-7-17(38-2)8-4-15)20(23(34)36)32-22(35)16-5-9-18(10-6-16)39-26(29,30)31/h3-12,19-20,25H,13H2,1-2H3,(H,32,35)/t19-,20-/m0/s1. The number of rotatable bonds is 7. The lowest BCUT2D eigenvalue weighted by Gasteiger charge is -2.20. The van der Waals surface area contributed by atoms with E-state index >= 15 is 0 Å². The molecule has 13 heteroatoms. The first-order valence-corrected chi connectivity index (χ1v) is 11.5. The van der Waals surface area contributed by atoms with E-state index in [4.69, 9.17) is 4.74 Å². The van der Waals surface area contributed by atoms with Crippen LogP contribution in [0.25, 0.3) is 0 Å². The first-order valence-electron chi connectivity index (χ1n) is 11.5. The van der Waals surface area contributed by atoms with Crippen molar-refractivity contribution in [3.63, 3.8) is 0 Å². The number of benzene rings is 2. The van der Waals surface area contributed by atoms with Gasteiger partial charge in [-0.2, -0.15) is 8.78 Å². The van der Waals surface area contributed by atoms with E-state index in [1.807, 2.05) is 0 Å². The summed E-state index contributed by atoms with van der Waals surface area (Å²) < 4.78 is 73.3. The molecule has 2 atom stereocenters. The van der Waals surface area contributed by atoms with E-state index in [-0.39, 0.29) is 27.9 Å². The zero-order valence-corrected chi connectivity index (χ0v) is 20.5. The van der Waals surface area contributed by atoms with Crippen LogP contribution < -0.4 is 25.2 Å². The second kappa shape index (κ2) is 10.8. The van der Waals surface area contributed by atoms with Crippen LogP contribution in [0.1, 0.15) is 34.0 Å². The summed E-state index contributed by atoms with van der Waals surface area (Å²) in [5.41, 5.74) is -0.495. The molecule has 0 bridgehead atoms. The summed E-state index contributed by atoms with van der Waals surface area (Å²) >= 11 is 0. The molecular weight excluding hydrogens is 529 g/mol. The van der Waals surface area contributed by atoms with Gasteiger partial charge in [0.05, 0.1) is 7.11 Å². The van der Waals surface area contributed by atoms with Crippen LogP contribution in [0.4, 0.5) is 27.6 Å². The van der Waals surface area contributed by atoms with Crippen molar-refractivity contribution in [2.45, 2.75) is 31.8 Å². The van der Waals surface area contributed by atoms with Crippen LogP contribution in [0.15, 0.2) is 65.6 Å². The fraction of sp³-hybridized carbons (Fsp3) is 0.269. The maximum atomic E-state index is 13.6. The Balaban J connectivity index is 1.68. The molecular formula is C26H22F5N3O5. The lowest BCUT2D eigenvalue weighted by Crippen LogP contribution is -2.44. The lowest BCUT2D eigenvalue weighted by molar-refractivity contribution is -0.274. The SMILES string of the molecule is COc1ccc([C@@H]2CN(c3c(C)ccn(C(F)F)c3=O)C(=O)[C@H]2NC(=O)c2ccc(OC(F)(F)F)cc2)cc1. The number of amides is 2. The lowest BCUT2D eigenvalue weighted by atomic mass is 9.93. The summed E-state index contributed by atoms with van der Waals surface area (Å²) in [6.45, 7) is -1.75. The van der Waals surface area contributed by atoms with Crippen molar-refractivity contribution in [3.8, 4) is 11.5 Å². The molecule has 1 aliphatic rings. The number of anilines is 1. The Morgan fingerprint density at radius 2 is 1.62 bits per heavy atom. The number of alkyl halides is 5. The number of aromatic nitrogens is 1. The van der Waals surface area contributed by atoms with Crippen molar-refractivity contribution in [1.29, 1.82) is 0 Å². The van der Waals surface area contributed by atoms with Gasteiger partial charge in [0.1, 0.15) is 23.2 Å². The maximum Gasteiger partial charge on any atom is 0.573 e. The van der Waals surface area contributed by atoms with Gasteiger partial charge in [0.2, 0.25) is 5.91 Å². The molecule has 2 amide bonds. The monoisotopic (exact) mass is 551 g/mol. The van der Waals surface area contributed by atoms with Gasteiger partial charge in [-0.15, -0.1) is 13.2 Å². The Morgan fingerprint density at radius 3 is 2.18 bits per heavy atom. The quantitative estimate of drug-likeness (QED) is 0.440. The molecule has 39 heavy (non-hydrogen) atoms. The molecule has 0 spiro atoms. The molecule has 4 rings (SSSR count). The zero-order valence-electron chi connectivity index (χ0n) is 20.5. The molecule has 0 saturated carbocycles. The highest BCUT2D eigenvalue weighted by Crippen LogP contribution is 2.34. The Labute approximate surface area is 218 Å². The van der Waals surface area contributed by atoms with E-state index in [0.717, 1.165) is 35.4 Å². The molecule has 1 N–H and O–H groups in total. The number of methoxy groups -OCH3 is 1. The third-order valence-electron chi connectivity index (χ3n) is 6.27. The zero-order chi connectivity index (χ0) is 28.5. The molecule has 2 heterocycles. The minimum Gasteiger partial charge on any atom is -0.497 e. The smallest absolute Gasteiger partial charge is 0.497 e. The molecule has 8 nitrogen and oxygen atoms in total. The summed E-state index contributed by atoms with van der Waals surface area (Å²) in [6.07, 6.45) is -3.98. The number of carbonyl (C=O) groups is 2. The van der Waals surface area contributed by atoms with E-state index in [0.29, 0.717) is 11.3 Å². The van der Waals surface area contributed by atoms with Crippen LogP contribution in [-0.2, 0) is 4.79 Å². The minimum atomic E-state index is -4.91. The number of nitrogens with one attached hydrogen (secondary N) is 1. The van der Waals surface area contributed by atoms with Gasteiger partial charge in [-0.3, -0.25) is 19.0 Å². The number of hydrogen-bond donors (Lipinski definition) is 1. The number of halogens is 5. The van der Waals surface area contributed by atoms with Crippen LogP contribution in [0.2, 0.25) is 0 Å². The maximum absolute atomic E-state index is 13.6. The van der Waals surface area contributed by atoms with Gasteiger partial charge < -0.3 is 19.7 Å². The van der Waals surface area contributed by atoms with Gasteiger partial charge in [-0.25, -0.2) is 0 Å². The van der Waals surface area contributed by atoms with Crippen LogP contribution >= 0.6 is 0 Å². The Hall–Kier alpha value is -4.42. The summed E-state index contributed by atoms with van der Waals surface area (Å²) in [4.78, 5) is 40.5. The molecule has 1 aromatic heterocycles. The predicted molar refractivity (Wildman–Crippen MR) is 129 cm³/mol. The summed E-state index contributed by atoms with van der Waals surface area (Å²) in [6, 6.07) is 10.8. The fourth-order valence-corrected chi connectivity index (χ4v) is 4.39. The molecule has 0 radical (unpaired) electrons. The first kappa shape index (κ1) is 27.6. The molecule has 0 unspecified atom stereocenters. The van der Waals surface area contributed by atoms with E-state index in [1.54, 1.807) is 24.3 Å². The van der Waals surface area contributed by atoms with Gasteiger partial charge in [0.15, 0.2) is 0 Å². The first-order chi connectivity index (χ1) is 18.4.